The van der Waals surface area contributed by atoms with Crippen LogP contribution in [0.5, 0.6) is 11.5 Å². The molecule has 1 aromatic rings. The van der Waals surface area contributed by atoms with Crippen LogP contribution in [0.1, 0.15) is 37.7 Å². The Morgan fingerprint density at radius 2 is 1.93 bits per heavy atom. The van der Waals surface area contributed by atoms with Crippen LogP contribution in [-0.4, -0.2) is 47.8 Å². The number of rotatable bonds is 5. The number of esters is 1. The number of carbonyl (C=O) groups excluding carboxylic acids is 4. The Hall–Kier alpha value is -3.56. The van der Waals surface area contributed by atoms with E-state index in [1.54, 1.807) is 18.2 Å². The van der Waals surface area contributed by atoms with Crippen LogP contribution in [-0.2, 0) is 19.1 Å². The molecule has 2 N–H and O–H groups in total. The van der Waals surface area contributed by atoms with Crippen molar-refractivity contribution in [1.29, 1.82) is 0 Å². The van der Waals surface area contributed by atoms with E-state index in [-0.39, 0.29) is 6.79 Å². The minimum Gasteiger partial charge on any atom is -0.454 e. The van der Waals surface area contributed by atoms with Crippen LogP contribution >= 0.6 is 0 Å². The molecule has 1 spiro atoms. The van der Waals surface area contributed by atoms with Crippen molar-refractivity contribution in [3.63, 3.8) is 0 Å². The van der Waals surface area contributed by atoms with Crippen LogP contribution in [0.3, 0.4) is 0 Å². The van der Waals surface area contributed by atoms with Gasteiger partial charge in [0.05, 0.1) is 0 Å². The normalized spacial score (nSPS) is 19.3. The summed E-state index contributed by atoms with van der Waals surface area (Å²) in [5.41, 5.74) is 1.96. The van der Waals surface area contributed by atoms with Gasteiger partial charge < -0.3 is 19.5 Å². The minimum absolute atomic E-state index is 0.151. The lowest BCUT2D eigenvalue weighted by Gasteiger charge is -2.30. The Bertz CT molecular complexity index is 921. The zero-order valence-electron chi connectivity index (χ0n) is 16.1. The highest BCUT2D eigenvalue weighted by Gasteiger charge is 2.52. The van der Waals surface area contributed by atoms with Gasteiger partial charge in [-0.05, 0) is 36.6 Å². The first kappa shape index (κ1) is 19.7. The molecule has 1 saturated heterocycles. The highest BCUT2D eigenvalue weighted by atomic mass is 16.7. The van der Waals surface area contributed by atoms with Gasteiger partial charge in [-0.3, -0.25) is 15.0 Å². The summed E-state index contributed by atoms with van der Waals surface area (Å²) in [4.78, 5) is 48.6. The van der Waals surface area contributed by atoms with Crippen LogP contribution < -0.4 is 20.2 Å². The van der Waals surface area contributed by atoms with E-state index in [1.807, 2.05) is 0 Å². The van der Waals surface area contributed by atoms with Gasteiger partial charge in [0.25, 0.3) is 11.8 Å². The summed E-state index contributed by atoms with van der Waals surface area (Å²) in [5, 5.41) is 3.35. The van der Waals surface area contributed by atoms with E-state index >= 15 is 0 Å². The summed E-state index contributed by atoms with van der Waals surface area (Å²) < 4.78 is 15.3. The van der Waals surface area contributed by atoms with Crippen LogP contribution in [0.4, 0.5) is 4.79 Å². The van der Waals surface area contributed by atoms with E-state index in [9.17, 15) is 19.2 Å². The Morgan fingerprint density at radius 3 is 2.73 bits per heavy atom. The highest BCUT2D eigenvalue weighted by molar-refractivity contribution is 6.08. The van der Waals surface area contributed by atoms with Crippen molar-refractivity contribution in [2.45, 2.75) is 37.6 Å². The maximum atomic E-state index is 12.6. The van der Waals surface area contributed by atoms with Gasteiger partial charge in [-0.2, -0.15) is 5.01 Å². The van der Waals surface area contributed by atoms with Crippen molar-refractivity contribution in [2.75, 3.05) is 13.4 Å². The molecule has 10 heteroatoms. The predicted octanol–water partition coefficient (Wildman–Crippen LogP) is 1.26. The lowest BCUT2D eigenvalue weighted by molar-refractivity contribution is -0.147. The maximum absolute atomic E-state index is 12.6. The Balaban J connectivity index is 1.27. The fourth-order valence-electron chi connectivity index (χ4n) is 3.74. The molecule has 1 saturated carbocycles. The third-order valence-corrected chi connectivity index (χ3v) is 5.26. The average Bonchev–Trinajstić information content (AvgIpc) is 3.30. The van der Waals surface area contributed by atoms with Gasteiger partial charge in [-0.15, -0.1) is 0 Å². The summed E-state index contributed by atoms with van der Waals surface area (Å²) in [5.74, 6) is -0.800. The van der Waals surface area contributed by atoms with Gasteiger partial charge in [-0.1, -0.05) is 25.3 Å². The maximum Gasteiger partial charge on any atom is 0.344 e. The average molecular weight is 415 g/mol. The standard InChI is InChI=1S/C20H21N3O7/c24-16(22-23-18(26)20(21-19(23)27)8-2-1-3-9-20)11-28-17(25)7-5-13-4-6-14-15(10-13)30-12-29-14/h4-7,10H,1-3,8-9,11-12H2,(H,21,27)(H,22,24)/b7-5+. The zero-order valence-corrected chi connectivity index (χ0v) is 16.1. The predicted molar refractivity (Wildman–Crippen MR) is 102 cm³/mol. The minimum atomic E-state index is -0.938. The number of hydrogen-bond donors (Lipinski definition) is 2. The number of amides is 4. The second-order valence-electron chi connectivity index (χ2n) is 7.30. The molecule has 2 aliphatic heterocycles. The largest absolute Gasteiger partial charge is 0.454 e. The topological polar surface area (TPSA) is 123 Å². The van der Waals surface area contributed by atoms with E-state index in [0.29, 0.717) is 34.9 Å². The summed E-state index contributed by atoms with van der Waals surface area (Å²) >= 11 is 0. The Kier molecular flexibility index (Phi) is 5.30. The fraction of sp³-hybridized carbons (Fsp3) is 0.400. The van der Waals surface area contributed by atoms with E-state index in [2.05, 4.69) is 10.7 Å². The number of fused-ring (bicyclic) bond motifs is 1. The molecule has 158 valence electrons. The molecule has 30 heavy (non-hydrogen) atoms. The van der Waals surface area contributed by atoms with E-state index in [4.69, 9.17) is 14.2 Å². The molecule has 3 aliphatic rings. The molecule has 2 fully saturated rings. The summed E-state index contributed by atoms with van der Waals surface area (Å²) in [6, 6.07) is 4.49. The molecule has 1 aromatic carbocycles. The number of nitrogens with zero attached hydrogens (tertiary/aromatic N) is 1. The number of hydrogen-bond acceptors (Lipinski definition) is 7. The number of hydrazine groups is 1. The number of imide groups is 1. The van der Waals surface area contributed by atoms with Crippen molar-refractivity contribution in [3.05, 3.63) is 29.8 Å². The van der Waals surface area contributed by atoms with Gasteiger partial charge in [0, 0.05) is 6.08 Å². The first-order chi connectivity index (χ1) is 14.5. The van der Waals surface area contributed by atoms with Crippen molar-refractivity contribution in [3.8, 4) is 11.5 Å². The number of carbonyl (C=O) groups is 4. The van der Waals surface area contributed by atoms with Crippen molar-refractivity contribution < 1.29 is 33.4 Å². The summed E-state index contributed by atoms with van der Waals surface area (Å²) in [6.45, 7) is -0.479. The van der Waals surface area contributed by atoms with E-state index in [0.717, 1.165) is 25.3 Å². The van der Waals surface area contributed by atoms with Crippen LogP contribution in [0, 0.1) is 0 Å². The molecule has 0 bridgehead atoms. The van der Waals surface area contributed by atoms with Crippen LogP contribution in [0.2, 0.25) is 0 Å². The van der Waals surface area contributed by atoms with E-state index in [1.165, 1.54) is 6.08 Å². The third-order valence-electron chi connectivity index (χ3n) is 5.26. The Morgan fingerprint density at radius 1 is 1.17 bits per heavy atom. The smallest absolute Gasteiger partial charge is 0.344 e. The molecule has 10 nitrogen and oxygen atoms in total. The summed E-state index contributed by atoms with van der Waals surface area (Å²) in [6.07, 6.45) is 6.43. The SMILES string of the molecule is O=C(COC(=O)/C=C/c1ccc2c(c1)OCO2)NN1C(=O)NC2(CCCCC2)C1=O. The van der Waals surface area contributed by atoms with Gasteiger partial charge in [0.15, 0.2) is 18.1 Å². The molecule has 0 radical (unpaired) electrons. The quantitative estimate of drug-likeness (QED) is 0.422. The molecule has 2 heterocycles. The fourth-order valence-corrected chi connectivity index (χ4v) is 3.74. The number of urea groups is 1. The van der Waals surface area contributed by atoms with Gasteiger partial charge in [-0.25, -0.2) is 9.59 Å². The molecule has 0 aromatic heterocycles. The van der Waals surface area contributed by atoms with Gasteiger partial charge >= 0.3 is 12.0 Å². The monoisotopic (exact) mass is 415 g/mol. The second-order valence-corrected chi connectivity index (χ2v) is 7.30. The molecule has 0 unspecified atom stereocenters. The molecular formula is C20H21N3O7. The van der Waals surface area contributed by atoms with Crippen LogP contribution in [0.25, 0.3) is 6.08 Å². The first-order valence-electron chi connectivity index (χ1n) is 9.68. The second kappa shape index (κ2) is 8.05. The Labute approximate surface area is 172 Å². The lowest BCUT2D eigenvalue weighted by atomic mass is 9.82. The highest BCUT2D eigenvalue weighted by Crippen LogP contribution is 2.33. The molecule has 1 aliphatic carbocycles. The molecule has 4 rings (SSSR count). The summed E-state index contributed by atoms with van der Waals surface area (Å²) in [7, 11) is 0. The van der Waals surface area contributed by atoms with Gasteiger partial charge in [0.1, 0.15) is 5.54 Å². The molecule has 4 amide bonds. The van der Waals surface area contributed by atoms with Crippen molar-refractivity contribution >= 4 is 29.9 Å². The lowest BCUT2D eigenvalue weighted by Crippen LogP contribution is -2.51. The third kappa shape index (κ3) is 3.93. The van der Waals surface area contributed by atoms with Crippen molar-refractivity contribution in [2.24, 2.45) is 0 Å². The van der Waals surface area contributed by atoms with Crippen molar-refractivity contribution in [1.82, 2.24) is 15.8 Å². The number of nitrogens with one attached hydrogen (secondary N) is 2. The first-order valence-corrected chi connectivity index (χ1v) is 9.68. The zero-order chi connectivity index (χ0) is 21.1. The number of ether oxygens (including phenoxy) is 3. The number of benzene rings is 1. The molecular weight excluding hydrogens is 394 g/mol. The molecule has 0 atom stereocenters. The van der Waals surface area contributed by atoms with Gasteiger partial charge in [0.2, 0.25) is 6.79 Å². The van der Waals surface area contributed by atoms with E-state index < -0.39 is 36.0 Å². The van der Waals surface area contributed by atoms with Crippen LogP contribution in [0.15, 0.2) is 24.3 Å².